The van der Waals surface area contributed by atoms with Crippen LogP contribution < -0.4 is 10.1 Å². The van der Waals surface area contributed by atoms with E-state index in [9.17, 15) is 0 Å². The first-order valence-corrected chi connectivity index (χ1v) is 6.35. The molecule has 0 radical (unpaired) electrons. The summed E-state index contributed by atoms with van der Waals surface area (Å²) in [6.45, 7) is 4.24. The molecule has 1 N–H and O–H groups in total. The van der Waals surface area contributed by atoms with E-state index in [1.54, 1.807) is 7.11 Å². The molecule has 0 saturated carbocycles. The second-order valence-electron chi connectivity index (χ2n) is 4.64. The average molecular weight is 257 g/mol. The second kappa shape index (κ2) is 5.69. The molecule has 2 rings (SSSR count). The molecule has 0 unspecified atom stereocenters. The van der Waals surface area contributed by atoms with Crippen LogP contribution in [0.4, 0.5) is 5.82 Å². The van der Waals surface area contributed by atoms with Crippen LogP contribution in [-0.4, -0.2) is 24.1 Å². The molecule has 1 heterocycles. The zero-order valence-electron chi connectivity index (χ0n) is 11.8. The van der Waals surface area contributed by atoms with E-state index in [2.05, 4.69) is 29.1 Å². The molecule has 100 valence electrons. The SMILES string of the molecule is CNc1cc(C(C)C)nc(-c2cccc(OC)c2)n1. The van der Waals surface area contributed by atoms with Gasteiger partial charge in [0.05, 0.1) is 7.11 Å². The summed E-state index contributed by atoms with van der Waals surface area (Å²) in [6.07, 6.45) is 0. The maximum Gasteiger partial charge on any atom is 0.161 e. The fraction of sp³-hybridized carbons (Fsp3) is 0.333. The van der Waals surface area contributed by atoms with Gasteiger partial charge in [0, 0.05) is 24.4 Å². The zero-order valence-corrected chi connectivity index (χ0v) is 11.8. The van der Waals surface area contributed by atoms with Crippen LogP contribution in [-0.2, 0) is 0 Å². The Hall–Kier alpha value is -2.10. The summed E-state index contributed by atoms with van der Waals surface area (Å²) in [5.41, 5.74) is 1.98. The molecule has 0 saturated heterocycles. The number of methoxy groups -OCH3 is 1. The van der Waals surface area contributed by atoms with Crippen LogP contribution in [0, 0.1) is 0 Å². The van der Waals surface area contributed by atoms with Gasteiger partial charge in [-0.15, -0.1) is 0 Å². The quantitative estimate of drug-likeness (QED) is 0.912. The normalized spacial score (nSPS) is 10.6. The number of nitrogens with one attached hydrogen (secondary N) is 1. The Morgan fingerprint density at radius 1 is 1.16 bits per heavy atom. The Morgan fingerprint density at radius 2 is 1.95 bits per heavy atom. The first-order chi connectivity index (χ1) is 9.13. The van der Waals surface area contributed by atoms with E-state index in [1.807, 2.05) is 37.4 Å². The van der Waals surface area contributed by atoms with E-state index in [0.29, 0.717) is 5.92 Å². The van der Waals surface area contributed by atoms with E-state index in [0.717, 1.165) is 28.6 Å². The molecule has 0 bridgehead atoms. The van der Waals surface area contributed by atoms with E-state index < -0.39 is 0 Å². The maximum atomic E-state index is 5.24. The Bertz CT molecular complexity index is 567. The molecule has 0 atom stereocenters. The molecule has 2 aromatic rings. The van der Waals surface area contributed by atoms with Gasteiger partial charge < -0.3 is 10.1 Å². The van der Waals surface area contributed by atoms with E-state index in [1.165, 1.54) is 0 Å². The monoisotopic (exact) mass is 257 g/mol. The third-order valence-electron chi connectivity index (χ3n) is 2.92. The van der Waals surface area contributed by atoms with E-state index >= 15 is 0 Å². The van der Waals surface area contributed by atoms with Crippen molar-refractivity contribution in [3.8, 4) is 17.1 Å². The van der Waals surface area contributed by atoms with Crippen LogP contribution in [0.1, 0.15) is 25.5 Å². The average Bonchev–Trinajstić information content (AvgIpc) is 2.46. The van der Waals surface area contributed by atoms with Crippen molar-refractivity contribution in [2.45, 2.75) is 19.8 Å². The second-order valence-corrected chi connectivity index (χ2v) is 4.64. The predicted molar refractivity (Wildman–Crippen MR) is 77.7 cm³/mol. The van der Waals surface area contributed by atoms with Gasteiger partial charge in [0.25, 0.3) is 0 Å². The van der Waals surface area contributed by atoms with Crippen molar-refractivity contribution in [1.29, 1.82) is 0 Å². The third kappa shape index (κ3) is 3.02. The van der Waals surface area contributed by atoms with E-state index in [4.69, 9.17) is 4.74 Å². The topological polar surface area (TPSA) is 47.0 Å². The number of rotatable bonds is 4. The first-order valence-electron chi connectivity index (χ1n) is 6.35. The molecule has 0 spiro atoms. The number of nitrogens with zero attached hydrogens (tertiary/aromatic N) is 2. The highest BCUT2D eigenvalue weighted by atomic mass is 16.5. The molecular formula is C15H19N3O. The standard InChI is InChI=1S/C15H19N3O/c1-10(2)13-9-14(16-3)18-15(17-13)11-6-5-7-12(8-11)19-4/h5-10H,1-4H3,(H,16,17,18). The number of anilines is 1. The highest BCUT2D eigenvalue weighted by molar-refractivity contribution is 5.59. The van der Waals surface area contributed by atoms with Crippen molar-refractivity contribution < 1.29 is 4.74 Å². The molecule has 0 aliphatic rings. The van der Waals surface area contributed by atoms with Crippen LogP contribution in [0.15, 0.2) is 30.3 Å². The van der Waals surface area contributed by atoms with Crippen LogP contribution >= 0.6 is 0 Å². The Labute approximate surface area is 113 Å². The molecule has 0 fully saturated rings. The molecule has 4 nitrogen and oxygen atoms in total. The minimum atomic E-state index is 0.361. The molecular weight excluding hydrogens is 238 g/mol. The smallest absolute Gasteiger partial charge is 0.161 e. The van der Waals surface area contributed by atoms with Crippen molar-refractivity contribution >= 4 is 5.82 Å². The first kappa shape index (κ1) is 13.3. The maximum absolute atomic E-state index is 5.24. The van der Waals surface area contributed by atoms with Crippen LogP contribution in [0.5, 0.6) is 5.75 Å². The number of hydrogen-bond acceptors (Lipinski definition) is 4. The van der Waals surface area contributed by atoms with Gasteiger partial charge in [0.2, 0.25) is 0 Å². The third-order valence-corrected chi connectivity index (χ3v) is 2.92. The Kier molecular flexibility index (Phi) is 4.00. The summed E-state index contributed by atoms with van der Waals surface area (Å²) < 4.78 is 5.24. The molecule has 0 amide bonds. The van der Waals surface area contributed by atoms with Gasteiger partial charge in [-0.1, -0.05) is 26.0 Å². The lowest BCUT2D eigenvalue weighted by Crippen LogP contribution is -2.02. The van der Waals surface area contributed by atoms with Crippen LogP contribution in [0.2, 0.25) is 0 Å². The summed E-state index contributed by atoms with van der Waals surface area (Å²) in [7, 11) is 3.52. The van der Waals surface area contributed by atoms with Crippen molar-refractivity contribution in [2.75, 3.05) is 19.5 Å². The van der Waals surface area contributed by atoms with Crippen molar-refractivity contribution in [3.05, 3.63) is 36.0 Å². The van der Waals surface area contributed by atoms with Crippen LogP contribution in [0.25, 0.3) is 11.4 Å². The summed E-state index contributed by atoms with van der Waals surface area (Å²) in [4.78, 5) is 9.12. The van der Waals surface area contributed by atoms with Crippen molar-refractivity contribution in [2.24, 2.45) is 0 Å². The number of aromatic nitrogens is 2. The van der Waals surface area contributed by atoms with Gasteiger partial charge in [0.1, 0.15) is 11.6 Å². The Balaban J connectivity index is 2.50. The summed E-state index contributed by atoms with van der Waals surface area (Å²) in [5.74, 6) is 2.72. The highest BCUT2D eigenvalue weighted by Crippen LogP contribution is 2.24. The lowest BCUT2D eigenvalue weighted by atomic mass is 10.1. The van der Waals surface area contributed by atoms with Gasteiger partial charge >= 0.3 is 0 Å². The fourth-order valence-electron chi connectivity index (χ4n) is 1.78. The zero-order chi connectivity index (χ0) is 13.8. The van der Waals surface area contributed by atoms with Crippen LogP contribution in [0.3, 0.4) is 0 Å². The highest BCUT2D eigenvalue weighted by Gasteiger charge is 2.09. The Morgan fingerprint density at radius 3 is 2.58 bits per heavy atom. The largest absolute Gasteiger partial charge is 0.497 e. The minimum Gasteiger partial charge on any atom is -0.497 e. The minimum absolute atomic E-state index is 0.361. The van der Waals surface area contributed by atoms with Gasteiger partial charge in [-0.25, -0.2) is 9.97 Å². The molecule has 19 heavy (non-hydrogen) atoms. The van der Waals surface area contributed by atoms with Gasteiger partial charge in [-0.05, 0) is 18.1 Å². The predicted octanol–water partition coefficient (Wildman–Crippen LogP) is 3.32. The summed E-state index contributed by atoms with van der Waals surface area (Å²) in [5, 5.41) is 3.08. The lowest BCUT2D eigenvalue weighted by molar-refractivity contribution is 0.415. The molecule has 1 aromatic carbocycles. The molecule has 4 heteroatoms. The van der Waals surface area contributed by atoms with E-state index in [-0.39, 0.29) is 0 Å². The van der Waals surface area contributed by atoms with Crippen molar-refractivity contribution in [1.82, 2.24) is 9.97 Å². The molecule has 1 aromatic heterocycles. The number of hydrogen-bond donors (Lipinski definition) is 1. The summed E-state index contributed by atoms with van der Waals surface area (Å²) in [6, 6.07) is 9.77. The number of benzene rings is 1. The lowest BCUT2D eigenvalue weighted by Gasteiger charge is -2.10. The fourth-order valence-corrected chi connectivity index (χ4v) is 1.78. The van der Waals surface area contributed by atoms with Gasteiger partial charge in [-0.3, -0.25) is 0 Å². The summed E-state index contributed by atoms with van der Waals surface area (Å²) >= 11 is 0. The molecule has 0 aliphatic heterocycles. The van der Waals surface area contributed by atoms with Gasteiger partial charge in [-0.2, -0.15) is 0 Å². The molecule has 0 aliphatic carbocycles. The van der Waals surface area contributed by atoms with Crippen molar-refractivity contribution in [3.63, 3.8) is 0 Å². The number of ether oxygens (including phenoxy) is 1. The van der Waals surface area contributed by atoms with Gasteiger partial charge in [0.15, 0.2) is 5.82 Å².